The Morgan fingerprint density at radius 3 is 2.38 bits per heavy atom. The third-order valence-corrected chi connectivity index (χ3v) is 5.48. The number of rotatable bonds is 3. The van der Waals surface area contributed by atoms with Crippen LogP contribution in [-0.2, 0) is 0 Å². The molecule has 1 atom stereocenters. The van der Waals surface area contributed by atoms with Crippen LogP contribution in [0, 0.1) is 0 Å². The van der Waals surface area contributed by atoms with Crippen LogP contribution < -0.4 is 4.74 Å². The standard InChI is InChI=1S/C22H25NO/c1-24-20-12-10-18(11-13-20)22-16-23-14-6-5-9-19(23)15-21(22)17-7-3-2-4-8-17/h2-4,7-8,10-13,19H,5-6,9,14-16H2,1H3. The molecule has 2 aliphatic heterocycles. The summed E-state index contributed by atoms with van der Waals surface area (Å²) in [6, 6.07) is 20.2. The number of ether oxygens (including phenoxy) is 1. The SMILES string of the molecule is COc1ccc(C2=C(c3ccccc3)CC3CCCCN3C2)cc1. The second-order valence-electron chi connectivity index (χ2n) is 6.88. The zero-order chi connectivity index (χ0) is 16.4. The van der Waals surface area contributed by atoms with Crippen molar-refractivity contribution in [1.82, 2.24) is 4.90 Å². The highest BCUT2D eigenvalue weighted by molar-refractivity contribution is 5.92. The Morgan fingerprint density at radius 2 is 1.62 bits per heavy atom. The van der Waals surface area contributed by atoms with E-state index in [0.717, 1.165) is 18.3 Å². The fourth-order valence-corrected chi connectivity index (χ4v) is 4.15. The lowest BCUT2D eigenvalue weighted by atomic mass is 9.83. The molecule has 2 heteroatoms. The number of nitrogens with zero attached hydrogens (tertiary/aromatic N) is 1. The van der Waals surface area contributed by atoms with E-state index in [4.69, 9.17) is 4.74 Å². The first-order chi connectivity index (χ1) is 11.8. The highest BCUT2D eigenvalue weighted by Crippen LogP contribution is 2.39. The van der Waals surface area contributed by atoms with Gasteiger partial charge in [0, 0.05) is 12.6 Å². The summed E-state index contributed by atoms with van der Waals surface area (Å²) in [7, 11) is 1.72. The zero-order valence-electron chi connectivity index (χ0n) is 14.4. The van der Waals surface area contributed by atoms with Gasteiger partial charge in [0.05, 0.1) is 7.11 Å². The Balaban J connectivity index is 1.77. The largest absolute Gasteiger partial charge is 0.497 e. The Labute approximate surface area is 144 Å². The third kappa shape index (κ3) is 2.99. The Kier molecular flexibility index (Phi) is 4.40. The molecule has 0 radical (unpaired) electrons. The fraction of sp³-hybridized carbons (Fsp3) is 0.364. The molecular formula is C22H25NO. The van der Waals surface area contributed by atoms with Crippen LogP contribution in [0.5, 0.6) is 5.75 Å². The molecule has 2 nitrogen and oxygen atoms in total. The maximum absolute atomic E-state index is 5.33. The molecule has 2 aromatic rings. The average molecular weight is 319 g/mol. The molecular weight excluding hydrogens is 294 g/mol. The van der Waals surface area contributed by atoms with Crippen molar-refractivity contribution in [1.29, 1.82) is 0 Å². The van der Waals surface area contributed by atoms with Gasteiger partial charge in [0.25, 0.3) is 0 Å². The van der Waals surface area contributed by atoms with Crippen molar-refractivity contribution in [2.75, 3.05) is 20.2 Å². The van der Waals surface area contributed by atoms with Crippen molar-refractivity contribution in [2.45, 2.75) is 31.7 Å². The minimum Gasteiger partial charge on any atom is -0.497 e. The molecule has 1 saturated heterocycles. The Morgan fingerprint density at radius 1 is 0.875 bits per heavy atom. The van der Waals surface area contributed by atoms with Gasteiger partial charge in [0.1, 0.15) is 5.75 Å². The molecule has 2 heterocycles. The lowest BCUT2D eigenvalue weighted by Gasteiger charge is -2.41. The molecule has 0 aliphatic carbocycles. The van der Waals surface area contributed by atoms with E-state index in [1.165, 1.54) is 54.5 Å². The lowest BCUT2D eigenvalue weighted by molar-refractivity contribution is 0.165. The van der Waals surface area contributed by atoms with E-state index in [2.05, 4.69) is 59.5 Å². The molecule has 0 saturated carbocycles. The number of benzene rings is 2. The van der Waals surface area contributed by atoms with Gasteiger partial charge >= 0.3 is 0 Å². The van der Waals surface area contributed by atoms with Crippen molar-refractivity contribution in [3.05, 3.63) is 65.7 Å². The van der Waals surface area contributed by atoms with Gasteiger partial charge in [-0.2, -0.15) is 0 Å². The van der Waals surface area contributed by atoms with Gasteiger partial charge in [-0.05, 0) is 60.2 Å². The maximum atomic E-state index is 5.33. The van der Waals surface area contributed by atoms with Crippen molar-refractivity contribution in [3.63, 3.8) is 0 Å². The van der Waals surface area contributed by atoms with Gasteiger partial charge in [-0.1, -0.05) is 48.9 Å². The summed E-state index contributed by atoms with van der Waals surface area (Å²) < 4.78 is 5.33. The minimum absolute atomic E-state index is 0.718. The van der Waals surface area contributed by atoms with Crippen molar-refractivity contribution >= 4 is 11.1 Å². The van der Waals surface area contributed by atoms with Gasteiger partial charge in [-0.25, -0.2) is 0 Å². The van der Waals surface area contributed by atoms with Crippen LogP contribution in [0.15, 0.2) is 54.6 Å². The van der Waals surface area contributed by atoms with E-state index in [1.54, 1.807) is 7.11 Å². The lowest BCUT2D eigenvalue weighted by Crippen LogP contribution is -2.43. The van der Waals surface area contributed by atoms with Gasteiger partial charge in [-0.3, -0.25) is 4.90 Å². The number of methoxy groups -OCH3 is 1. The molecule has 0 amide bonds. The van der Waals surface area contributed by atoms with Crippen molar-refractivity contribution in [2.24, 2.45) is 0 Å². The predicted molar refractivity (Wildman–Crippen MR) is 100 cm³/mol. The van der Waals surface area contributed by atoms with Crippen molar-refractivity contribution in [3.8, 4) is 5.75 Å². The summed E-state index contributed by atoms with van der Waals surface area (Å²) in [4.78, 5) is 2.69. The van der Waals surface area contributed by atoms with Gasteiger partial charge in [-0.15, -0.1) is 0 Å². The second-order valence-corrected chi connectivity index (χ2v) is 6.88. The summed E-state index contributed by atoms with van der Waals surface area (Å²) >= 11 is 0. The molecule has 1 unspecified atom stereocenters. The number of piperidine rings is 1. The summed E-state index contributed by atoms with van der Waals surface area (Å²) in [5.41, 5.74) is 5.73. The van der Waals surface area contributed by atoms with Gasteiger partial charge in [0.2, 0.25) is 0 Å². The van der Waals surface area contributed by atoms with Crippen LogP contribution in [-0.4, -0.2) is 31.1 Å². The second kappa shape index (κ2) is 6.82. The average Bonchev–Trinajstić information content (AvgIpc) is 2.68. The van der Waals surface area contributed by atoms with E-state index in [0.29, 0.717) is 0 Å². The Bertz CT molecular complexity index is 717. The third-order valence-electron chi connectivity index (χ3n) is 5.48. The summed E-state index contributed by atoms with van der Waals surface area (Å²) in [6.45, 7) is 2.31. The van der Waals surface area contributed by atoms with Crippen LogP contribution in [0.2, 0.25) is 0 Å². The number of fused-ring (bicyclic) bond motifs is 1. The quantitative estimate of drug-likeness (QED) is 0.800. The smallest absolute Gasteiger partial charge is 0.118 e. The first-order valence-corrected chi connectivity index (χ1v) is 9.01. The molecule has 2 aliphatic rings. The van der Waals surface area contributed by atoms with Crippen LogP contribution in [0.25, 0.3) is 11.1 Å². The zero-order valence-corrected chi connectivity index (χ0v) is 14.4. The van der Waals surface area contributed by atoms with Gasteiger partial charge < -0.3 is 4.74 Å². The number of hydrogen-bond donors (Lipinski definition) is 0. The molecule has 0 spiro atoms. The predicted octanol–water partition coefficient (Wildman–Crippen LogP) is 4.86. The molecule has 1 fully saturated rings. The van der Waals surface area contributed by atoms with Crippen LogP contribution in [0.1, 0.15) is 36.8 Å². The van der Waals surface area contributed by atoms with Crippen LogP contribution >= 0.6 is 0 Å². The van der Waals surface area contributed by atoms with Crippen molar-refractivity contribution < 1.29 is 4.74 Å². The van der Waals surface area contributed by atoms with E-state index in [1.807, 2.05) is 0 Å². The molecule has 0 aromatic heterocycles. The van der Waals surface area contributed by atoms with Crippen LogP contribution in [0.3, 0.4) is 0 Å². The summed E-state index contributed by atoms with van der Waals surface area (Å²) in [5, 5.41) is 0. The molecule has 2 aromatic carbocycles. The van der Waals surface area contributed by atoms with E-state index in [-0.39, 0.29) is 0 Å². The molecule has 0 N–H and O–H groups in total. The normalized spacial score (nSPS) is 21.5. The molecule has 124 valence electrons. The van der Waals surface area contributed by atoms with Gasteiger partial charge in [0.15, 0.2) is 0 Å². The van der Waals surface area contributed by atoms with Crippen LogP contribution in [0.4, 0.5) is 0 Å². The topological polar surface area (TPSA) is 12.5 Å². The monoisotopic (exact) mass is 319 g/mol. The maximum Gasteiger partial charge on any atom is 0.118 e. The molecule has 24 heavy (non-hydrogen) atoms. The van der Waals surface area contributed by atoms with E-state index < -0.39 is 0 Å². The molecule has 4 rings (SSSR count). The first-order valence-electron chi connectivity index (χ1n) is 9.01. The minimum atomic E-state index is 0.718. The summed E-state index contributed by atoms with van der Waals surface area (Å²) in [5.74, 6) is 0.923. The Hall–Kier alpha value is -2.06. The highest BCUT2D eigenvalue weighted by Gasteiger charge is 2.30. The summed E-state index contributed by atoms with van der Waals surface area (Å²) in [6.07, 6.45) is 5.23. The highest BCUT2D eigenvalue weighted by atomic mass is 16.5. The molecule has 0 bridgehead atoms. The van der Waals surface area contributed by atoms with E-state index >= 15 is 0 Å². The van der Waals surface area contributed by atoms with E-state index in [9.17, 15) is 0 Å². The number of hydrogen-bond acceptors (Lipinski definition) is 2. The first kappa shape index (κ1) is 15.5. The fourth-order valence-electron chi connectivity index (χ4n) is 4.15.